The highest BCUT2D eigenvalue weighted by atomic mass is 19.1. The molecule has 2 amide bonds. The summed E-state index contributed by atoms with van der Waals surface area (Å²) in [6.07, 6.45) is 1.29. The zero-order valence-electron chi connectivity index (χ0n) is 18.9. The molecule has 0 aromatic heterocycles. The monoisotopic (exact) mass is 463 g/mol. The topological polar surface area (TPSA) is 61.4 Å². The van der Waals surface area contributed by atoms with E-state index >= 15 is 0 Å². The lowest BCUT2D eigenvalue weighted by molar-refractivity contribution is 0.0924. The van der Waals surface area contributed by atoms with Crippen molar-refractivity contribution in [1.82, 2.24) is 10.6 Å². The summed E-state index contributed by atoms with van der Waals surface area (Å²) < 4.78 is 27.0. The number of halogens is 2. The minimum absolute atomic E-state index is 0.130. The van der Waals surface area contributed by atoms with Crippen molar-refractivity contribution < 1.29 is 18.4 Å². The van der Waals surface area contributed by atoms with E-state index in [4.69, 9.17) is 0 Å². The van der Waals surface area contributed by atoms with Gasteiger partial charge in [-0.05, 0) is 49.6 Å². The molecule has 0 radical (unpaired) electrons. The fourth-order valence-electron chi connectivity index (χ4n) is 4.24. The van der Waals surface area contributed by atoms with Gasteiger partial charge in [-0.25, -0.2) is 8.78 Å². The van der Waals surface area contributed by atoms with E-state index in [2.05, 4.69) is 15.5 Å². The third-order valence-corrected chi connectivity index (χ3v) is 6.14. The zero-order valence-corrected chi connectivity index (χ0v) is 18.9. The fraction of sp³-hybridized carbons (Fsp3) is 0.259. The molecule has 1 aliphatic rings. The molecule has 34 heavy (non-hydrogen) atoms. The Morgan fingerprint density at radius 3 is 2.26 bits per heavy atom. The molecule has 2 N–H and O–H groups in total. The van der Waals surface area contributed by atoms with Crippen LogP contribution in [0.4, 0.5) is 14.5 Å². The lowest BCUT2D eigenvalue weighted by atomic mass is 10.0. The van der Waals surface area contributed by atoms with Crippen LogP contribution in [0.2, 0.25) is 0 Å². The maximum absolute atomic E-state index is 13.9. The average Bonchev–Trinajstić information content (AvgIpc) is 2.85. The van der Waals surface area contributed by atoms with Crippen molar-refractivity contribution in [2.75, 3.05) is 18.0 Å². The molecule has 3 aromatic carbocycles. The molecular weight excluding hydrogens is 436 g/mol. The average molecular weight is 464 g/mol. The largest absolute Gasteiger partial charge is 0.371 e. The Morgan fingerprint density at radius 2 is 1.56 bits per heavy atom. The molecular formula is C27H27F2N3O2. The van der Waals surface area contributed by atoms with Crippen molar-refractivity contribution in [3.8, 4) is 0 Å². The molecule has 1 fully saturated rings. The molecule has 1 heterocycles. The second-order valence-electron chi connectivity index (χ2n) is 8.48. The number of rotatable bonds is 6. The van der Waals surface area contributed by atoms with Gasteiger partial charge in [0.05, 0.1) is 17.2 Å². The number of carbonyl (C=O) groups excluding carboxylic acids is 2. The van der Waals surface area contributed by atoms with Gasteiger partial charge in [-0.15, -0.1) is 0 Å². The van der Waals surface area contributed by atoms with Gasteiger partial charge >= 0.3 is 0 Å². The third-order valence-electron chi connectivity index (χ3n) is 6.14. The van der Waals surface area contributed by atoms with Crippen LogP contribution in [0.5, 0.6) is 0 Å². The molecule has 1 saturated heterocycles. The van der Waals surface area contributed by atoms with Gasteiger partial charge in [0, 0.05) is 30.9 Å². The first-order chi connectivity index (χ1) is 16.4. The SMILES string of the molecule is C[C@@H](NC(=O)c1ccccc1N1CCC(NC(=O)c2ccc(F)cc2F)CC1)c1ccccc1. The van der Waals surface area contributed by atoms with Crippen molar-refractivity contribution >= 4 is 17.5 Å². The Labute approximate surface area is 197 Å². The van der Waals surface area contributed by atoms with Crippen LogP contribution in [-0.2, 0) is 0 Å². The number of piperidine rings is 1. The van der Waals surface area contributed by atoms with Crippen molar-refractivity contribution in [2.45, 2.75) is 31.8 Å². The molecule has 1 atom stereocenters. The van der Waals surface area contributed by atoms with Gasteiger partial charge in [0.1, 0.15) is 11.6 Å². The first kappa shape index (κ1) is 23.4. The van der Waals surface area contributed by atoms with Crippen LogP contribution in [0.1, 0.15) is 52.1 Å². The van der Waals surface area contributed by atoms with Crippen molar-refractivity contribution in [1.29, 1.82) is 0 Å². The molecule has 1 aliphatic heterocycles. The fourth-order valence-corrected chi connectivity index (χ4v) is 4.24. The predicted molar refractivity (Wildman–Crippen MR) is 128 cm³/mol. The summed E-state index contributed by atoms with van der Waals surface area (Å²) >= 11 is 0. The van der Waals surface area contributed by atoms with E-state index in [1.165, 1.54) is 0 Å². The van der Waals surface area contributed by atoms with Crippen molar-refractivity contribution in [3.63, 3.8) is 0 Å². The van der Waals surface area contributed by atoms with Crippen LogP contribution >= 0.6 is 0 Å². The van der Waals surface area contributed by atoms with Crippen molar-refractivity contribution in [2.24, 2.45) is 0 Å². The second-order valence-corrected chi connectivity index (χ2v) is 8.48. The summed E-state index contributed by atoms with van der Waals surface area (Å²) in [5, 5.41) is 5.91. The molecule has 3 aromatic rings. The van der Waals surface area contributed by atoms with Gasteiger partial charge in [-0.3, -0.25) is 9.59 Å². The number of nitrogens with one attached hydrogen (secondary N) is 2. The highest BCUT2D eigenvalue weighted by molar-refractivity contribution is 6.00. The van der Waals surface area contributed by atoms with Gasteiger partial charge in [0.2, 0.25) is 0 Å². The van der Waals surface area contributed by atoms with E-state index in [1.54, 1.807) is 0 Å². The van der Waals surface area contributed by atoms with Gasteiger partial charge in [0.25, 0.3) is 11.8 Å². The second kappa shape index (κ2) is 10.5. The number of benzene rings is 3. The molecule has 5 nitrogen and oxygen atoms in total. The highest BCUT2D eigenvalue weighted by Crippen LogP contribution is 2.25. The summed E-state index contributed by atoms with van der Waals surface area (Å²) in [4.78, 5) is 27.6. The molecule has 0 saturated carbocycles. The summed E-state index contributed by atoms with van der Waals surface area (Å²) in [5.74, 6) is -2.29. The molecule has 0 spiro atoms. The predicted octanol–water partition coefficient (Wildman–Crippen LogP) is 4.85. The number of anilines is 1. The maximum atomic E-state index is 13.9. The summed E-state index contributed by atoms with van der Waals surface area (Å²) in [6.45, 7) is 3.22. The van der Waals surface area contributed by atoms with Crippen LogP contribution in [0.3, 0.4) is 0 Å². The van der Waals surface area contributed by atoms with E-state index < -0.39 is 17.5 Å². The van der Waals surface area contributed by atoms with E-state index in [0.29, 0.717) is 37.6 Å². The van der Waals surface area contributed by atoms with Gasteiger partial charge in [0.15, 0.2) is 0 Å². The quantitative estimate of drug-likeness (QED) is 0.549. The summed E-state index contributed by atoms with van der Waals surface area (Å²) in [7, 11) is 0. The Hall–Kier alpha value is -3.74. The number of amides is 2. The first-order valence-corrected chi connectivity index (χ1v) is 11.4. The Morgan fingerprint density at radius 1 is 0.882 bits per heavy atom. The standard InChI is InChI=1S/C27H27F2N3O2/c1-18(19-7-3-2-4-8-19)30-27(34)23-9-5-6-10-25(23)32-15-13-21(14-16-32)31-26(33)22-12-11-20(28)17-24(22)29/h2-12,17-18,21H,13-16H2,1H3,(H,30,34)(H,31,33)/t18-/m1/s1. The van der Waals surface area contributed by atoms with E-state index in [1.807, 2.05) is 61.5 Å². The number of hydrogen-bond donors (Lipinski definition) is 2. The Kier molecular flexibility index (Phi) is 7.21. The van der Waals surface area contributed by atoms with E-state index in [-0.39, 0.29) is 23.6 Å². The zero-order chi connectivity index (χ0) is 24.1. The number of carbonyl (C=O) groups is 2. The van der Waals surface area contributed by atoms with Crippen LogP contribution in [0.15, 0.2) is 72.8 Å². The first-order valence-electron chi connectivity index (χ1n) is 11.4. The minimum atomic E-state index is -0.875. The lowest BCUT2D eigenvalue weighted by Crippen LogP contribution is -2.45. The van der Waals surface area contributed by atoms with Crippen LogP contribution < -0.4 is 15.5 Å². The Bertz CT molecular complexity index is 1160. The molecule has 7 heteroatoms. The van der Waals surface area contributed by atoms with Gasteiger partial charge in [-0.1, -0.05) is 42.5 Å². The Balaban J connectivity index is 1.38. The summed E-state index contributed by atoms with van der Waals surface area (Å²) in [5.41, 5.74) is 2.30. The smallest absolute Gasteiger partial charge is 0.254 e. The van der Waals surface area contributed by atoms with Crippen LogP contribution in [-0.4, -0.2) is 30.9 Å². The molecule has 0 unspecified atom stereocenters. The number of hydrogen-bond acceptors (Lipinski definition) is 3. The van der Waals surface area contributed by atoms with Gasteiger partial charge in [-0.2, -0.15) is 0 Å². The van der Waals surface area contributed by atoms with Gasteiger partial charge < -0.3 is 15.5 Å². The molecule has 4 rings (SSSR count). The maximum Gasteiger partial charge on any atom is 0.254 e. The van der Waals surface area contributed by atoms with E-state index in [0.717, 1.165) is 23.4 Å². The highest BCUT2D eigenvalue weighted by Gasteiger charge is 2.25. The third kappa shape index (κ3) is 5.42. The molecule has 0 bridgehead atoms. The van der Waals surface area contributed by atoms with Crippen LogP contribution in [0, 0.1) is 11.6 Å². The normalized spacial score (nSPS) is 15.0. The lowest BCUT2D eigenvalue weighted by Gasteiger charge is -2.35. The number of nitrogens with zero attached hydrogens (tertiary/aromatic N) is 1. The number of para-hydroxylation sites is 1. The van der Waals surface area contributed by atoms with Crippen LogP contribution in [0.25, 0.3) is 0 Å². The summed E-state index contributed by atoms with van der Waals surface area (Å²) in [6, 6.07) is 19.9. The minimum Gasteiger partial charge on any atom is -0.371 e. The van der Waals surface area contributed by atoms with E-state index in [9.17, 15) is 18.4 Å². The molecule has 0 aliphatic carbocycles. The molecule has 176 valence electrons. The van der Waals surface area contributed by atoms with Crippen molar-refractivity contribution in [3.05, 3.63) is 101 Å².